The minimum Gasteiger partial charge on any atom is -0.439 e. The van der Waals surface area contributed by atoms with Crippen LogP contribution >= 0.6 is 11.8 Å². The Balaban J connectivity index is 2.01. The Morgan fingerprint density at radius 1 is 1.23 bits per heavy atom. The molecule has 0 fully saturated rings. The van der Waals surface area contributed by atoms with Crippen molar-refractivity contribution in [2.24, 2.45) is 0 Å². The number of hydroxylamine groups is 1. The van der Waals surface area contributed by atoms with Gasteiger partial charge in [0, 0.05) is 26.4 Å². The molecule has 9 heteroatoms. The molecule has 0 aliphatic rings. The molecule has 2 aromatic rings. The number of ether oxygens (including phenoxy) is 1. The van der Waals surface area contributed by atoms with E-state index in [1.807, 2.05) is 12.1 Å². The third-order valence-corrected chi connectivity index (χ3v) is 3.82. The number of hydrogen-bond acceptors (Lipinski definition) is 6. The molecule has 26 heavy (non-hydrogen) atoms. The number of halogens is 1. The lowest BCUT2D eigenvalue weighted by Gasteiger charge is -2.19. The highest BCUT2D eigenvalue weighted by molar-refractivity contribution is 6.15. The van der Waals surface area contributed by atoms with Gasteiger partial charge in [-0.2, -0.15) is 0 Å². The van der Waals surface area contributed by atoms with Crippen molar-refractivity contribution in [3.05, 3.63) is 53.7 Å². The van der Waals surface area contributed by atoms with E-state index >= 15 is 0 Å². The lowest BCUT2D eigenvalue weighted by Crippen LogP contribution is -2.41. The molecule has 1 aromatic heterocycles. The second-order valence-electron chi connectivity index (χ2n) is 5.67. The number of rotatable bonds is 7. The van der Waals surface area contributed by atoms with Gasteiger partial charge in [0.15, 0.2) is 0 Å². The molecule has 8 nitrogen and oxygen atoms in total. The number of nitrogens with zero attached hydrogens (tertiary/aromatic N) is 2. The molecule has 0 unspecified atom stereocenters. The molecule has 0 aliphatic heterocycles. The van der Waals surface area contributed by atoms with Crippen molar-refractivity contribution in [3.63, 3.8) is 0 Å². The standard InChI is InChI=1S/C17H19ClN4O4/c1-22(2)17(24)14(20-18)9-11-3-6-13(7-4-11)26-15-8-5-12(10-19-15)16(23)21-25/h3-8,10,14,20,25H,9H2,1-2H3,(H,21,23)/t14-/m0/s1. The molecule has 1 aromatic carbocycles. The average molecular weight is 379 g/mol. The second-order valence-corrected chi connectivity index (χ2v) is 5.89. The van der Waals surface area contributed by atoms with Crippen LogP contribution in [0, 0.1) is 0 Å². The Morgan fingerprint density at radius 2 is 1.92 bits per heavy atom. The van der Waals surface area contributed by atoms with E-state index in [9.17, 15) is 9.59 Å². The third kappa shape index (κ3) is 5.16. The highest BCUT2D eigenvalue weighted by Gasteiger charge is 2.19. The molecular weight excluding hydrogens is 360 g/mol. The van der Waals surface area contributed by atoms with Crippen LogP contribution in [-0.4, -0.2) is 47.0 Å². The lowest BCUT2D eigenvalue weighted by molar-refractivity contribution is -0.130. The van der Waals surface area contributed by atoms with Crippen LogP contribution in [0.1, 0.15) is 15.9 Å². The first-order valence-electron chi connectivity index (χ1n) is 7.69. The zero-order valence-electron chi connectivity index (χ0n) is 14.3. The van der Waals surface area contributed by atoms with Gasteiger partial charge in [0.2, 0.25) is 11.8 Å². The Morgan fingerprint density at radius 3 is 2.42 bits per heavy atom. The number of hydrogen-bond donors (Lipinski definition) is 3. The van der Waals surface area contributed by atoms with E-state index in [1.54, 1.807) is 26.2 Å². The van der Waals surface area contributed by atoms with Crippen LogP contribution in [0.15, 0.2) is 42.6 Å². The maximum Gasteiger partial charge on any atom is 0.276 e. The summed E-state index contributed by atoms with van der Waals surface area (Å²) in [4.78, 5) is 31.2. The van der Waals surface area contributed by atoms with Crippen LogP contribution in [0.25, 0.3) is 0 Å². The lowest BCUT2D eigenvalue weighted by atomic mass is 10.1. The Hall–Kier alpha value is -2.68. The van der Waals surface area contributed by atoms with Crippen LogP contribution in [0.5, 0.6) is 11.6 Å². The zero-order valence-corrected chi connectivity index (χ0v) is 15.0. The molecule has 2 rings (SSSR count). The summed E-state index contributed by atoms with van der Waals surface area (Å²) in [6.45, 7) is 0. The Bertz CT molecular complexity index is 750. The van der Waals surface area contributed by atoms with Crippen LogP contribution in [0.2, 0.25) is 0 Å². The maximum atomic E-state index is 12.0. The summed E-state index contributed by atoms with van der Waals surface area (Å²) >= 11 is 5.67. The predicted octanol–water partition coefficient (Wildman–Crippen LogP) is 1.74. The van der Waals surface area contributed by atoms with Gasteiger partial charge in [-0.1, -0.05) is 12.1 Å². The van der Waals surface area contributed by atoms with Crippen molar-refractivity contribution < 1.29 is 19.5 Å². The first kappa shape index (κ1) is 19.6. The molecule has 0 saturated carbocycles. The van der Waals surface area contributed by atoms with Gasteiger partial charge >= 0.3 is 0 Å². The number of benzene rings is 1. The molecule has 3 N–H and O–H groups in total. The molecule has 0 aliphatic carbocycles. The number of amides is 2. The molecule has 0 saturated heterocycles. The third-order valence-electron chi connectivity index (χ3n) is 3.56. The average Bonchev–Trinajstić information content (AvgIpc) is 2.66. The summed E-state index contributed by atoms with van der Waals surface area (Å²) in [5, 5.41) is 8.57. The fraction of sp³-hybridized carbons (Fsp3) is 0.235. The number of likely N-dealkylation sites (N-methyl/N-ethyl adjacent to an activating group) is 1. The summed E-state index contributed by atoms with van der Waals surface area (Å²) in [7, 11) is 3.34. The van der Waals surface area contributed by atoms with Gasteiger partial charge in [0.25, 0.3) is 5.91 Å². The summed E-state index contributed by atoms with van der Waals surface area (Å²) in [6.07, 6.45) is 1.73. The summed E-state index contributed by atoms with van der Waals surface area (Å²) in [6, 6.07) is 9.62. The second kappa shape index (κ2) is 9.14. The first-order valence-corrected chi connectivity index (χ1v) is 8.07. The Labute approximate surface area is 155 Å². The van der Waals surface area contributed by atoms with E-state index in [0.29, 0.717) is 18.1 Å². The number of carbonyl (C=O) groups is 2. The highest BCUT2D eigenvalue weighted by Crippen LogP contribution is 2.20. The van der Waals surface area contributed by atoms with E-state index in [2.05, 4.69) is 9.82 Å². The molecule has 0 radical (unpaired) electrons. The van der Waals surface area contributed by atoms with Crippen molar-refractivity contribution in [2.45, 2.75) is 12.5 Å². The van der Waals surface area contributed by atoms with E-state index in [-0.39, 0.29) is 11.5 Å². The molecular formula is C17H19ClN4O4. The topological polar surface area (TPSA) is 104 Å². The normalized spacial score (nSPS) is 11.5. The molecule has 0 spiro atoms. The van der Waals surface area contributed by atoms with Gasteiger partial charge in [-0.3, -0.25) is 14.8 Å². The van der Waals surface area contributed by atoms with Crippen LogP contribution < -0.4 is 15.1 Å². The van der Waals surface area contributed by atoms with Crippen LogP contribution in [-0.2, 0) is 11.2 Å². The van der Waals surface area contributed by atoms with Crippen molar-refractivity contribution in [3.8, 4) is 11.6 Å². The first-order chi connectivity index (χ1) is 12.4. The minimum atomic E-state index is -0.650. The van der Waals surface area contributed by atoms with Gasteiger partial charge in [0.05, 0.1) is 5.56 Å². The van der Waals surface area contributed by atoms with Gasteiger partial charge in [-0.15, -0.1) is 0 Å². The molecule has 1 heterocycles. The summed E-state index contributed by atoms with van der Waals surface area (Å²) in [5.74, 6) is 0.0879. The van der Waals surface area contributed by atoms with E-state index in [0.717, 1.165) is 5.56 Å². The SMILES string of the molecule is CN(C)C(=O)[C@H](Cc1ccc(Oc2ccc(C(=O)NO)cn2)cc1)NCl. The molecule has 1 atom stereocenters. The number of carbonyl (C=O) groups excluding carboxylic acids is 2. The quantitative estimate of drug-likeness (QED) is 0.385. The zero-order chi connectivity index (χ0) is 19.1. The summed E-state index contributed by atoms with van der Waals surface area (Å²) in [5.41, 5.74) is 2.65. The minimum absolute atomic E-state index is 0.114. The van der Waals surface area contributed by atoms with Crippen molar-refractivity contribution >= 4 is 23.6 Å². The van der Waals surface area contributed by atoms with E-state index < -0.39 is 11.9 Å². The summed E-state index contributed by atoms with van der Waals surface area (Å²) < 4.78 is 5.60. The van der Waals surface area contributed by atoms with E-state index in [1.165, 1.54) is 28.7 Å². The molecule has 138 valence electrons. The number of pyridine rings is 1. The van der Waals surface area contributed by atoms with Crippen molar-refractivity contribution in [1.29, 1.82) is 0 Å². The number of aromatic nitrogens is 1. The van der Waals surface area contributed by atoms with Crippen LogP contribution in [0.3, 0.4) is 0 Å². The molecule has 2 amide bonds. The predicted molar refractivity (Wildman–Crippen MR) is 95.2 cm³/mol. The maximum absolute atomic E-state index is 12.0. The number of nitrogens with one attached hydrogen (secondary N) is 2. The van der Waals surface area contributed by atoms with E-state index in [4.69, 9.17) is 21.7 Å². The van der Waals surface area contributed by atoms with Gasteiger partial charge in [-0.05, 0) is 42.0 Å². The van der Waals surface area contributed by atoms with Gasteiger partial charge in [-0.25, -0.2) is 15.3 Å². The fourth-order valence-electron chi connectivity index (χ4n) is 2.17. The van der Waals surface area contributed by atoms with Crippen molar-refractivity contribution in [2.75, 3.05) is 14.1 Å². The van der Waals surface area contributed by atoms with Crippen molar-refractivity contribution in [1.82, 2.24) is 20.2 Å². The highest BCUT2D eigenvalue weighted by atomic mass is 35.5. The molecule has 0 bridgehead atoms. The fourth-order valence-corrected chi connectivity index (χ4v) is 2.34. The van der Waals surface area contributed by atoms with Gasteiger partial charge in [0.1, 0.15) is 11.8 Å². The largest absolute Gasteiger partial charge is 0.439 e. The Kier molecular flexibility index (Phi) is 6.90. The smallest absolute Gasteiger partial charge is 0.276 e. The van der Waals surface area contributed by atoms with Crippen LogP contribution in [0.4, 0.5) is 0 Å². The monoisotopic (exact) mass is 378 g/mol. The van der Waals surface area contributed by atoms with Gasteiger partial charge < -0.3 is 9.64 Å².